The van der Waals surface area contributed by atoms with E-state index in [1.807, 2.05) is 71.8 Å². The zero-order valence-electron chi connectivity index (χ0n) is 36.5. The highest BCUT2D eigenvalue weighted by Gasteiger charge is 2.36. The van der Waals surface area contributed by atoms with Crippen molar-refractivity contribution in [3.63, 3.8) is 0 Å². The largest absolute Gasteiger partial charge is 0.416 e. The maximum Gasteiger partial charge on any atom is 0.416 e. The minimum atomic E-state index is -4.49. The molecule has 5 heteroatoms. The van der Waals surface area contributed by atoms with Crippen LogP contribution < -0.4 is 9.80 Å². The first-order valence-corrected chi connectivity index (χ1v) is 22.4. The van der Waals surface area contributed by atoms with Crippen LogP contribution in [0.2, 0.25) is 0 Å². The van der Waals surface area contributed by atoms with Gasteiger partial charge in [-0.15, -0.1) is 0 Å². The van der Waals surface area contributed by atoms with Gasteiger partial charge in [-0.2, -0.15) is 13.2 Å². The van der Waals surface area contributed by atoms with Crippen LogP contribution in [0.3, 0.4) is 0 Å². The molecular weight excluding hydrogens is 806 g/mol. The molecule has 0 heterocycles. The minimum Gasteiger partial charge on any atom is -0.317 e. The first kappa shape index (κ1) is 42.9. The van der Waals surface area contributed by atoms with Crippen molar-refractivity contribution in [1.82, 2.24) is 0 Å². The molecule has 8 aromatic rings. The van der Waals surface area contributed by atoms with Crippen LogP contribution in [0.15, 0.2) is 231 Å². The van der Waals surface area contributed by atoms with Gasteiger partial charge in [0.2, 0.25) is 0 Å². The predicted molar refractivity (Wildman–Crippen MR) is 264 cm³/mol. The Hall–Kier alpha value is -7.37. The van der Waals surface area contributed by atoms with E-state index in [0.717, 1.165) is 82.2 Å². The molecule has 2 nitrogen and oxygen atoms in total. The Bertz CT molecular complexity index is 2780. The Morgan fingerprint density at radius 3 is 1.18 bits per heavy atom. The van der Waals surface area contributed by atoms with Gasteiger partial charge in [-0.25, -0.2) is 0 Å². The minimum absolute atomic E-state index is 0.228. The van der Waals surface area contributed by atoms with Gasteiger partial charge < -0.3 is 9.80 Å². The SMILES string of the molecule is Cc1cccc(N(C=C(c2ccccc2)c2ccccc2)c2ccc(C3(c4ccc(N(C=C(c5ccccc5)c5ccccc5)c5cccc(C(F)(F)F)c5)cc4)CCCCC3)cc2)c1. The lowest BCUT2D eigenvalue weighted by Crippen LogP contribution is -2.30. The van der Waals surface area contributed by atoms with Crippen LogP contribution in [0.4, 0.5) is 35.9 Å². The van der Waals surface area contributed by atoms with Crippen molar-refractivity contribution in [3.8, 4) is 0 Å². The molecule has 0 aromatic heterocycles. The molecule has 0 radical (unpaired) electrons. The van der Waals surface area contributed by atoms with Crippen molar-refractivity contribution in [2.45, 2.75) is 50.6 Å². The summed E-state index contributed by atoms with van der Waals surface area (Å²) in [5.41, 5.74) is 12.3. The number of hydrogen-bond acceptors (Lipinski definition) is 2. The molecule has 0 unspecified atom stereocenters. The number of anilines is 4. The van der Waals surface area contributed by atoms with E-state index < -0.39 is 11.7 Å². The topological polar surface area (TPSA) is 6.48 Å². The van der Waals surface area contributed by atoms with Crippen LogP contribution in [0.5, 0.6) is 0 Å². The molecule has 65 heavy (non-hydrogen) atoms. The van der Waals surface area contributed by atoms with E-state index in [1.165, 1.54) is 35.2 Å². The summed E-state index contributed by atoms with van der Waals surface area (Å²) < 4.78 is 42.7. The molecule has 1 fully saturated rings. The Morgan fingerprint density at radius 1 is 0.415 bits per heavy atom. The average Bonchev–Trinajstić information content (AvgIpc) is 3.36. The maximum absolute atomic E-state index is 14.2. The quantitative estimate of drug-likeness (QED) is 0.121. The fourth-order valence-electron chi connectivity index (χ4n) is 9.35. The summed E-state index contributed by atoms with van der Waals surface area (Å²) in [6.45, 7) is 2.13. The van der Waals surface area contributed by atoms with E-state index in [1.54, 1.807) is 6.07 Å². The lowest BCUT2D eigenvalue weighted by atomic mass is 9.65. The Kier molecular flexibility index (Phi) is 12.7. The van der Waals surface area contributed by atoms with Gasteiger partial charge >= 0.3 is 6.18 Å². The molecule has 8 aromatic carbocycles. The van der Waals surface area contributed by atoms with Gasteiger partial charge in [-0.05, 0) is 113 Å². The van der Waals surface area contributed by atoms with Crippen molar-refractivity contribution in [2.24, 2.45) is 0 Å². The maximum atomic E-state index is 14.2. The van der Waals surface area contributed by atoms with Crippen LogP contribution in [-0.2, 0) is 11.6 Å². The first-order chi connectivity index (χ1) is 31.7. The third-order valence-electron chi connectivity index (χ3n) is 12.7. The van der Waals surface area contributed by atoms with Gasteiger partial charge in [0.25, 0.3) is 0 Å². The zero-order valence-corrected chi connectivity index (χ0v) is 36.5. The summed E-state index contributed by atoms with van der Waals surface area (Å²) in [5, 5.41) is 0. The third-order valence-corrected chi connectivity index (χ3v) is 12.7. The molecule has 0 bridgehead atoms. The van der Waals surface area contributed by atoms with Crippen molar-refractivity contribution < 1.29 is 13.2 Å². The van der Waals surface area contributed by atoms with Gasteiger partial charge in [-0.1, -0.05) is 183 Å². The number of benzene rings is 8. The predicted octanol–water partition coefficient (Wildman–Crippen LogP) is 16.7. The normalized spacial score (nSPS) is 13.4. The monoisotopic (exact) mass is 856 g/mol. The van der Waals surface area contributed by atoms with Crippen molar-refractivity contribution >= 4 is 33.9 Å². The summed E-state index contributed by atoms with van der Waals surface area (Å²) in [6.07, 6.45) is 5.15. The summed E-state index contributed by atoms with van der Waals surface area (Å²) in [6, 6.07) is 73.0. The molecule has 0 spiro atoms. The standard InChI is InChI=1S/C60H51F3N2/c1-45-19-17-29-55(41-45)64(43-57(46-20-7-2-8-21-46)47-22-9-3-10-23-47)53-35-31-50(32-36-53)59(39-15-6-16-40-59)51-33-37-54(38-34-51)65(56-30-18-28-52(42-56)60(61,62)63)44-58(48-24-11-4-12-25-48)49-26-13-5-14-27-49/h2-5,7-14,17-38,41-44H,6,15-16,39-40H2,1H3. The second-order valence-electron chi connectivity index (χ2n) is 16.9. The lowest BCUT2D eigenvalue weighted by molar-refractivity contribution is -0.137. The van der Waals surface area contributed by atoms with E-state index >= 15 is 0 Å². The van der Waals surface area contributed by atoms with E-state index in [2.05, 4.69) is 151 Å². The van der Waals surface area contributed by atoms with Crippen LogP contribution in [0, 0.1) is 6.92 Å². The Labute approximate surface area is 381 Å². The van der Waals surface area contributed by atoms with Crippen LogP contribution >= 0.6 is 0 Å². The number of halogens is 3. The van der Waals surface area contributed by atoms with Crippen LogP contribution in [-0.4, -0.2) is 0 Å². The van der Waals surface area contributed by atoms with Gasteiger partial charge in [-0.3, -0.25) is 0 Å². The number of hydrogen-bond donors (Lipinski definition) is 0. The number of aryl methyl sites for hydroxylation is 1. The fourth-order valence-corrected chi connectivity index (χ4v) is 9.35. The highest BCUT2D eigenvalue weighted by molar-refractivity contribution is 5.85. The summed E-state index contributed by atoms with van der Waals surface area (Å²) in [7, 11) is 0. The second-order valence-corrected chi connectivity index (χ2v) is 16.9. The zero-order chi connectivity index (χ0) is 44.6. The van der Waals surface area contributed by atoms with E-state index in [-0.39, 0.29) is 5.41 Å². The molecule has 0 amide bonds. The summed E-state index contributed by atoms with van der Waals surface area (Å²) in [4.78, 5) is 4.19. The van der Waals surface area contributed by atoms with E-state index in [9.17, 15) is 13.2 Å². The van der Waals surface area contributed by atoms with Gasteiger partial charge in [0, 0.05) is 51.7 Å². The molecule has 0 atom stereocenters. The van der Waals surface area contributed by atoms with E-state index in [0.29, 0.717) is 5.69 Å². The molecular formula is C60H51F3N2. The fraction of sp³-hybridized carbons (Fsp3) is 0.133. The summed E-state index contributed by atoms with van der Waals surface area (Å²) >= 11 is 0. The molecule has 1 aliphatic rings. The van der Waals surface area contributed by atoms with Crippen LogP contribution in [0.25, 0.3) is 11.1 Å². The van der Waals surface area contributed by atoms with E-state index in [4.69, 9.17) is 0 Å². The molecule has 9 rings (SSSR count). The molecule has 0 N–H and O–H groups in total. The Morgan fingerprint density at radius 2 is 0.800 bits per heavy atom. The number of nitrogens with zero attached hydrogens (tertiary/aromatic N) is 2. The van der Waals surface area contributed by atoms with Crippen molar-refractivity contribution in [1.29, 1.82) is 0 Å². The molecule has 322 valence electrons. The van der Waals surface area contributed by atoms with Crippen molar-refractivity contribution in [2.75, 3.05) is 9.80 Å². The Balaban J connectivity index is 1.12. The third kappa shape index (κ3) is 9.61. The molecule has 1 saturated carbocycles. The molecule has 1 aliphatic carbocycles. The smallest absolute Gasteiger partial charge is 0.317 e. The molecule has 0 aliphatic heterocycles. The van der Waals surface area contributed by atoms with Crippen LogP contribution in [0.1, 0.15) is 76.6 Å². The van der Waals surface area contributed by atoms with Gasteiger partial charge in [0.15, 0.2) is 0 Å². The average molecular weight is 857 g/mol. The molecule has 0 saturated heterocycles. The lowest BCUT2D eigenvalue weighted by Gasteiger charge is -2.39. The summed E-state index contributed by atoms with van der Waals surface area (Å²) in [5.74, 6) is 0. The second kappa shape index (κ2) is 19.2. The van der Waals surface area contributed by atoms with Gasteiger partial charge in [0.1, 0.15) is 0 Å². The first-order valence-electron chi connectivity index (χ1n) is 22.4. The highest BCUT2D eigenvalue weighted by Crippen LogP contribution is 2.47. The van der Waals surface area contributed by atoms with Gasteiger partial charge in [0.05, 0.1) is 5.56 Å². The van der Waals surface area contributed by atoms with Crippen molar-refractivity contribution in [3.05, 3.63) is 275 Å². The highest BCUT2D eigenvalue weighted by atomic mass is 19.4. The number of rotatable bonds is 12. The number of alkyl halides is 3.